The third kappa shape index (κ3) is 1.57. The van der Waals surface area contributed by atoms with Crippen LogP contribution in [0, 0.1) is 17.8 Å². The SMILES string of the molecule is O=C1NCCC2C(CO)CCCC12. The van der Waals surface area contributed by atoms with E-state index in [2.05, 4.69) is 5.32 Å². The molecule has 3 nitrogen and oxygen atoms in total. The van der Waals surface area contributed by atoms with Gasteiger partial charge in [0.2, 0.25) is 5.91 Å². The Balaban J connectivity index is 2.09. The molecule has 2 fully saturated rings. The maximum absolute atomic E-state index is 11.5. The van der Waals surface area contributed by atoms with E-state index in [1.54, 1.807) is 0 Å². The molecule has 0 radical (unpaired) electrons. The second-order valence-electron chi connectivity index (χ2n) is 4.22. The predicted octanol–water partition coefficient (Wildman–Crippen LogP) is 0.531. The van der Waals surface area contributed by atoms with E-state index < -0.39 is 0 Å². The number of aliphatic hydroxyl groups is 1. The van der Waals surface area contributed by atoms with Gasteiger partial charge >= 0.3 is 0 Å². The van der Waals surface area contributed by atoms with Crippen LogP contribution in [0.4, 0.5) is 0 Å². The van der Waals surface area contributed by atoms with Crippen molar-refractivity contribution in [3.63, 3.8) is 0 Å². The third-order valence-electron chi connectivity index (χ3n) is 3.56. The van der Waals surface area contributed by atoms with Crippen molar-refractivity contribution in [3.05, 3.63) is 0 Å². The summed E-state index contributed by atoms with van der Waals surface area (Å²) in [7, 11) is 0. The smallest absolute Gasteiger partial charge is 0.223 e. The highest BCUT2D eigenvalue weighted by Gasteiger charge is 2.38. The lowest BCUT2D eigenvalue weighted by molar-refractivity contribution is -0.132. The quantitative estimate of drug-likeness (QED) is 0.623. The first-order valence-corrected chi connectivity index (χ1v) is 5.21. The van der Waals surface area contributed by atoms with E-state index in [-0.39, 0.29) is 18.4 Å². The Bertz CT molecular complexity index is 205. The number of rotatable bonds is 1. The van der Waals surface area contributed by atoms with Gasteiger partial charge in [0.05, 0.1) is 0 Å². The Labute approximate surface area is 78.5 Å². The molecule has 2 rings (SSSR count). The minimum atomic E-state index is 0.194. The van der Waals surface area contributed by atoms with Crippen molar-refractivity contribution < 1.29 is 9.90 Å². The molecule has 0 aromatic carbocycles. The molecule has 0 aromatic rings. The lowest BCUT2D eigenvalue weighted by atomic mass is 9.69. The molecule has 13 heavy (non-hydrogen) atoms. The highest BCUT2D eigenvalue weighted by Crippen LogP contribution is 2.38. The molecule has 3 unspecified atom stereocenters. The monoisotopic (exact) mass is 183 g/mol. The van der Waals surface area contributed by atoms with Crippen LogP contribution in [0.1, 0.15) is 25.7 Å². The van der Waals surface area contributed by atoms with Crippen molar-refractivity contribution >= 4 is 5.91 Å². The Morgan fingerprint density at radius 2 is 2.23 bits per heavy atom. The lowest BCUT2D eigenvalue weighted by Gasteiger charge is -2.39. The maximum Gasteiger partial charge on any atom is 0.223 e. The second kappa shape index (κ2) is 3.66. The van der Waals surface area contributed by atoms with Crippen molar-refractivity contribution in [1.29, 1.82) is 0 Å². The van der Waals surface area contributed by atoms with Crippen LogP contribution >= 0.6 is 0 Å². The summed E-state index contributed by atoms with van der Waals surface area (Å²) in [5.74, 6) is 1.24. The van der Waals surface area contributed by atoms with Crippen LogP contribution in [0.25, 0.3) is 0 Å². The predicted molar refractivity (Wildman–Crippen MR) is 49.0 cm³/mol. The van der Waals surface area contributed by atoms with Crippen LogP contribution in [0.5, 0.6) is 0 Å². The molecule has 1 saturated carbocycles. The minimum absolute atomic E-state index is 0.194. The number of carbonyl (C=O) groups is 1. The zero-order chi connectivity index (χ0) is 9.26. The molecule has 2 N–H and O–H groups in total. The van der Waals surface area contributed by atoms with Gasteiger partial charge in [-0.25, -0.2) is 0 Å². The third-order valence-corrected chi connectivity index (χ3v) is 3.56. The van der Waals surface area contributed by atoms with Crippen LogP contribution in [0.3, 0.4) is 0 Å². The van der Waals surface area contributed by atoms with E-state index in [9.17, 15) is 9.90 Å². The number of carbonyl (C=O) groups excluding carboxylic acids is 1. The summed E-state index contributed by atoms with van der Waals surface area (Å²) in [4.78, 5) is 11.5. The molecule has 1 aliphatic carbocycles. The van der Waals surface area contributed by atoms with Gasteiger partial charge in [-0.05, 0) is 31.1 Å². The van der Waals surface area contributed by atoms with Crippen molar-refractivity contribution in [2.75, 3.05) is 13.2 Å². The molecule has 1 saturated heterocycles. The second-order valence-corrected chi connectivity index (χ2v) is 4.22. The van der Waals surface area contributed by atoms with Crippen molar-refractivity contribution in [2.45, 2.75) is 25.7 Å². The Hall–Kier alpha value is -0.570. The molecule has 1 heterocycles. The van der Waals surface area contributed by atoms with Gasteiger partial charge in [0.25, 0.3) is 0 Å². The number of nitrogens with one attached hydrogen (secondary N) is 1. The zero-order valence-corrected chi connectivity index (χ0v) is 7.83. The molecule has 0 aromatic heterocycles. The Morgan fingerprint density at radius 3 is 3.00 bits per heavy atom. The summed E-state index contributed by atoms with van der Waals surface area (Å²) in [6.07, 6.45) is 4.28. The van der Waals surface area contributed by atoms with E-state index in [1.165, 1.54) is 0 Å². The van der Waals surface area contributed by atoms with Gasteiger partial charge in [0.1, 0.15) is 0 Å². The van der Waals surface area contributed by atoms with Crippen LogP contribution in [-0.4, -0.2) is 24.2 Å². The van der Waals surface area contributed by atoms with Gasteiger partial charge in [0.15, 0.2) is 0 Å². The molecule has 0 spiro atoms. The number of aliphatic hydroxyl groups excluding tert-OH is 1. The average Bonchev–Trinajstić information content (AvgIpc) is 2.18. The lowest BCUT2D eigenvalue weighted by Crippen LogP contribution is -2.47. The highest BCUT2D eigenvalue weighted by atomic mass is 16.3. The number of hydrogen-bond donors (Lipinski definition) is 2. The fourth-order valence-corrected chi connectivity index (χ4v) is 2.84. The first kappa shape index (κ1) is 9.00. The standard InChI is InChI=1S/C10H17NO2/c12-6-7-2-1-3-9-8(7)4-5-11-10(9)13/h7-9,12H,1-6H2,(H,11,13). The van der Waals surface area contributed by atoms with Gasteiger partial charge in [-0.15, -0.1) is 0 Å². The van der Waals surface area contributed by atoms with E-state index in [1.807, 2.05) is 0 Å². The minimum Gasteiger partial charge on any atom is -0.396 e. The van der Waals surface area contributed by atoms with Crippen LogP contribution < -0.4 is 5.32 Å². The molecule has 3 heteroatoms. The normalized spacial score (nSPS) is 39.5. The number of fused-ring (bicyclic) bond motifs is 1. The molecule has 3 atom stereocenters. The first-order chi connectivity index (χ1) is 6.33. The summed E-state index contributed by atoms with van der Waals surface area (Å²) < 4.78 is 0. The Morgan fingerprint density at radius 1 is 1.38 bits per heavy atom. The van der Waals surface area contributed by atoms with Gasteiger partial charge in [-0.1, -0.05) is 6.42 Å². The Kier molecular flexibility index (Phi) is 2.54. The molecular weight excluding hydrogens is 166 g/mol. The van der Waals surface area contributed by atoms with Crippen molar-refractivity contribution in [3.8, 4) is 0 Å². The van der Waals surface area contributed by atoms with Gasteiger partial charge < -0.3 is 10.4 Å². The van der Waals surface area contributed by atoms with Crippen molar-refractivity contribution in [2.24, 2.45) is 17.8 Å². The van der Waals surface area contributed by atoms with E-state index >= 15 is 0 Å². The molecule has 0 bridgehead atoms. The summed E-state index contributed by atoms with van der Waals surface area (Å²) in [5, 5.41) is 12.1. The van der Waals surface area contributed by atoms with Gasteiger partial charge in [-0.3, -0.25) is 4.79 Å². The van der Waals surface area contributed by atoms with E-state index in [0.717, 1.165) is 32.2 Å². The fraction of sp³-hybridized carbons (Fsp3) is 0.900. The van der Waals surface area contributed by atoms with E-state index in [0.29, 0.717) is 11.8 Å². The average molecular weight is 183 g/mol. The highest BCUT2D eigenvalue weighted by molar-refractivity contribution is 5.79. The largest absolute Gasteiger partial charge is 0.396 e. The molecular formula is C10H17NO2. The van der Waals surface area contributed by atoms with Crippen LogP contribution in [0.2, 0.25) is 0 Å². The molecule has 74 valence electrons. The zero-order valence-electron chi connectivity index (χ0n) is 7.83. The van der Waals surface area contributed by atoms with Crippen LogP contribution in [0.15, 0.2) is 0 Å². The van der Waals surface area contributed by atoms with Crippen molar-refractivity contribution in [1.82, 2.24) is 5.32 Å². The van der Waals surface area contributed by atoms with E-state index in [4.69, 9.17) is 0 Å². The van der Waals surface area contributed by atoms with Gasteiger partial charge in [-0.2, -0.15) is 0 Å². The molecule has 1 aliphatic heterocycles. The topological polar surface area (TPSA) is 49.3 Å². The summed E-state index contributed by atoms with van der Waals surface area (Å²) in [6.45, 7) is 1.06. The molecule has 1 amide bonds. The summed E-state index contributed by atoms with van der Waals surface area (Å²) in [6, 6.07) is 0. The number of piperidine rings is 1. The maximum atomic E-state index is 11.5. The van der Waals surface area contributed by atoms with Crippen LogP contribution in [-0.2, 0) is 4.79 Å². The van der Waals surface area contributed by atoms with Gasteiger partial charge in [0, 0.05) is 19.1 Å². The number of hydrogen-bond acceptors (Lipinski definition) is 2. The first-order valence-electron chi connectivity index (χ1n) is 5.21. The fourth-order valence-electron chi connectivity index (χ4n) is 2.84. The number of amides is 1. The summed E-state index contributed by atoms with van der Waals surface area (Å²) in [5.41, 5.74) is 0. The molecule has 2 aliphatic rings. The summed E-state index contributed by atoms with van der Waals surface area (Å²) >= 11 is 0.